The van der Waals surface area contributed by atoms with Crippen molar-refractivity contribution in [3.05, 3.63) is 53.2 Å². The van der Waals surface area contributed by atoms with Gasteiger partial charge in [0, 0.05) is 43.7 Å². The standard InChI is InChI=1S/C19H19F2N3O3/c1-23(2)19(26)15-16(27-9-22-15)14-12-7-13(14)24(8-12)18(25)11-5-3-4-10(6-11)17(20)21/h3-6,9,12-14,17H,7-8H2,1-2H3. The van der Waals surface area contributed by atoms with Gasteiger partial charge in [-0.1, -0.05) is 12.1 Å². The summed E-state index contributed by atoms with van der Waals surface area (Å²) in [5, 5.41) is 0. The van der Waals surface area contributed by atoms with Crippen LogP contribution >= 0.6 is 0 Å². The average molecular weight is 375 g/mol. The van der Waals surface area contributed by atoms with E-state index in [2.05, 4.69) is 4.98 Å². The van der Waals surface area contributed by atoms with Gasteiger partial charge in [0.1, 0.15) is 5.76 Å². The first-order valence-corrected chi connectivity index (χ1v) is 8.72. The van der Waals surface area contributed by atoms with Crippen LogP contribution in [0.4, 0.5) is 8.78 Å². The van der Waals surface area contributed by atoms with Crippen molar-refractivity contribution in [3.8, 4) is 0 Å². The number of rotatable bonds is 4. The molecule has 0 N–H and O–H groups in total. The molecule has 2 bridgehead atoms. The molecule has 1 aromatic carbocycles. The minimum atomic E-state index is -2.62. The summed E-state index contributed by atoms with van der Waals surface area (Å²) >= 11 is 0. The Balaban J connectivity index is 1.57. The Labute approximate surface area is 154 Å². The third kappa shape index (κ3) is 2.79. The molecule has 2 aliphatic heterocycles. The summed E-state index contributed by atoms with van der Waals surface area (Å²) in [6.45, 7) is 0.517. The second-order valence-corrected chi connectivity index (χ2v) is 7.24. The van der Waals surface area contributed by atoms with Crippen LogP contribution in [0.15, 0.2) is 35.1 Å². The number of nitrogens with zero attached hydrogens (tertiary/aromatic N) is 3. The van der Waals surface area contributed by atoms with Crippen LogP contribution in [0.3, 0.4) is 0 Å². The van der Waals surface area contributed by atoms with E-state index in [9.17, 15) is 18.4 Å². The number of benzene rings is 1. The van der Waals surface area contributed by atoms with E-state index >= 15 is 0 Å². The molecular weight excluding hydrogens is 356 g/mol. The van der Waals surface area contributed by atoms with E-state index in [1.165, 1.54) is 29.5 Å². The van der Waals surface area contributed by atoms with Crippen LogP contribution in [0, 0.1) is 5.92 Å². The lowest BCUT2D eigenvalue weighted by Crippen LogP contribution is -2.40. The fraction of sp³-hybridized carbons (Fsp3) is 0.421. The molecule has 1 aromatic heterocycles. The van der Waals surface area contributed by atoms with Crippen molar-refractivity contribution < 1.29 is 22.8 Å². The Morgan fingerprint density at radius 2 is 2.11 bits per heavy atom. The number of halogens is 2. The lowest BCUT2D eigenvalue weighted by molar-refractivity contribution is 0.0728. The third-order valence-corrected chi connectivity index (χ3v) is 5.45. The SMILES string of the molecule is CN(C)C(=O)c1ncoc1C1C2CC1N(C(=O)c1cccc(C(F)F)c1)C2. The summed E-state index contributed by atoms with van der Waals surface area (Å²) in [7, 11) is 3.28. The molecule has 8 heteroatoms. The van der Waals surface area contributed by atoms with Gasteiger partial charge in [0.2, 0.25) is 0 Å². The smallest absolute Gasteiger partial charge is 0.275 e. The molecule has 2 aromatic rings. The number of amides is 2. The van der Waals surface area contributed by atoms with E-state index in [0.29, 0.717) is 12.3 Å². The Hall–Kier alpha value is -2.77. The van der Waals surface area contributed by atoms with Gasteiger partial charge >= 0.3 is 0 Å². The fourth-order valence-electron chi connectivity index (χ4n) is 4.08. The van der Waals surface area contributed by atoms with E-state index in [1.807, 2.05) is 0 Å². The van der Waals surface area contributed by atoms with Crippen LogP contribution in [-0.2, 0) is 0 Å². The zero-order chi connectivity index (χ0) is 19.3. The van der Waals surface area contributed by atoms with Gasteiger partial charge in [-0.25, -0.2) is 13.8 Å². The third-order valence-electron chi connectivity index (χ3n) is 5.45. The molecule has 0 radical (unpaired) electrons. The molecule has 2 saturated heterocycles. The molecule has 142 valence electrons. The van der Waals surface area contributed by atoms with Crippen LogP contribution in [-0.4, -0.2) is 53.3 Å². The Kier molecular flexibility index (Phi) is 4.20. The number of hydrogen-bond acceptors (Lipinski definition) is 4. The second kappa shape index (κ2) is 6.44. The summed E-state index contributed by atoms with van der Waals surface area (Å²) in [6.07, 6.45) is -0.560. The number of carbonyl (C=O) groups excluding carboxylic acids is 2. The number of fused-ring (bicyclic) bond motifs is 1. The van der Waals surface area contributed by atoms with Crippen LogP contribution in [0.1, 0.15) is 50.9 Å². The summed E-state index contributed by atoms with van der Waals surface area (Å²) in [5.74, 6) is 0.0826. The predicted molar refractivity (Wildman–Crippen MR) is 91.6 cm³/mol. The number of oxazole rings is 1. The van der Waals surface area contributed by atoms with Crippen molar-refractivity contribution in [2.24, 2.45) is 5.92 Å². The molecule has 2 amide bonds. The lowest BCUT2D eigenvalue weighted by atomic mass is 9.72. The predicted octanol–water partition coefficient (Wildman–Crippen LogP) is 2.94. The normalized spacial score (nSPS) is 23.4. The molecule has 3 atom stereocenters. The molecule has 3 fully saturated rings. The largest absolute Gasteiger partial charge is 0.447 e. The van der Waals surface area contributed by atoms with Crippen molar-refractivity contribution in [1.82, 2.24) is 14.8 Å². The van der Waals surface area contributed by atoms with Crippen LogP contribution in [0.2, 0.25) is 0 Å². The summed E-state index contributed by atoms with van der Waals surface area (Å²) in [4.78, 5) is 32.3. The van der Waals surface area contributed by atoms with E-state index in [0.717, 1.165) is 6.42 Å². The minimum absolute atomic E-state index is 0.0892. The van der Waals surface area contributed by atoms with Crippen molar-refractivity contribution in [2.75, 3.05) is 20.6 Å². The van der Waals surface area contributed by atoms with Crippen molar-refractivity contribution in [1.29, 1.82) is 0 Å². The highest BCUT2D eigenvalue weighted by Crippen LogP contribution is 2.53. The molecule has 3 unspecified atom stereocenters. The monoisotopic (exact) mass is 375 g/mol. The van der Waals surface area contributed by atoms with E-state index in [-0.39, 0.29) is 46.5 Å². The Bertz CT molecular complexity index is 896. The number of hydrogen-bond donors (Lipinski definition) is 0. The van der Waals surface area contributed by atoms with Crippen molar-refractivity contribution in [2.45, 2.75) is 24.8 Å². The summed E-state index contributed by atoms with van der Waals surface area (Å²) in [5.41, 5.74) is 0.355. The lowest BCUT2D eigenvalue weighted by Gasteiger charge is -2.35. The highest BCUT2D eigenvalue weighted by atomic mass is 19.3. The first-order valence-electron chi connectivity index (χ1n) is 8.72. The number of aromatic nitrogens is 1. The number of alkyl halides is 2. The maximum Gasteiger partial charge on any atom is 0.275 e. The van der Waals surface area contributed by atoms with Gasteiger partial charge in [0.15, 0.2) is 12.1 Å². The van der Waals surface area contributed by atoms with Gasteiger partial charge in [-0.2, -0.15) is 0 Å². The molecule has 3 aliphatic rings. The highest BCUT2D eigenvalue weighted by molar-refractivity contribution is 5.96. The molecular formula is C19H19F2N3O3. The van der Waals surface area contributed by atoms with E-state index in [4.69, 9.17) is 4.42 Å². The quantitative estimate of drug-likeness (QED) is 0.824. The summed E-state index contributed by atoms with van der Waals surface area (Å²) in [6, 6.07) is 5.46. The molecule has 3 heterocycles. The molecule has 6 nitrogen and oxygen atoms in total. The number of carbonyl (C=O) groups is 2. The zero-order valence-electron chi connectivity index (χ0n) is 14.9. The molecule has 5 rings (SSSR count). The molecule has 1 saturated carbocycles. The molecule has 1 aliphatic carbocycles. The Morgan fingerprint density at radius 3 is 2.81 bits per heavy atom. The molecule has 0 spiro atoms. The van der Waals surface area contributed by atoms with Crippen molar-refractivity contribution in [3.63, 3.8) is 0 Å². The Morgan fingerprint density at radius 1 is 1.33 bits per heavy atom. The molecule has 27 heavy (non-hydrogen) atoms. The topological polar surface area (TPSA) is 66.7 Å². The van der Waals surface area contributed by atoms with Crippen LogP contribution < -0.4 is 0 Å². The van der Waals surface area contributed by atoms with E-state index < -0.39 is 6.43 Å². The van der Waals surface area contributed by atoms with Gasteiger partial charge in [-0.15, -0.1) is 0 Å². The fourth-order valence-corrected chi connectivity index (χ4v) is 4.08. The van der Waals surface area contributed by atoms with Gasteiger partial charge in [-0.05, 0) is 24.5 Å². The van der Waals surface area contributed by atoms with Gasteiger partial charge in [0.05, 0.1) is 0 Å². The maximum absolute atomic E-state index is 12.9. The second-order valence-electron chi connectivity index (χ2n) is 7.24. The highest BCUT2D eigenvalue weighted by Gasteiger charge is 2.56. The van der Waals surface area contributed by atoms with Crippen LogP contribution in [0.25, 0.3) is 0 Å². The van der Waals surface area contributed by atoms with Gasteiger partial charge in [-0.3, -0.25) is 9.59 Å². The average Bonchev–Trinajstić information content (AvgIpc) is 3.35. The van der Waals surface area contributed by atoms with E-state index in [1.54, 1.807) is 25.1 Å². The first-order chi connectivity index (χ1) is 12.9. The minimum Gasteiger partial charge on any atom is -0.447 e. The van der Waals surface area contributed by atoms with Crippen LogP contribution in [0.5, 0.6) is 0 Å². The first kappa shape index (κ1) is 17.6. The van der Waals surface area contributed by atoms with Gasteiger partial charge < -0.3 is 14.2 Å². The zero-order valence-corrected chi connectivity index (χ0v) is 14.9. The summed E-state index contributed by atoms with van der Waals surface area (Å²) < 4.78 is 31.4. The maximum atomic E-state index is 12.9. The van der Waals surface area contributed by atoms with Crippen molar-refractivity contribution >= 4 is 11.8 Å². The van der Waals surface area contributed by atoms with Gasteiger partial charge in [0.25, 0.3) is 18.2 Å².